The van der Waals surface area contributed by atoms with Crippen molar-refractivity contribution in [3.8, 4) is 0 Å². The molecule has 18 heavy (non-hydrogen) atoms. The van der Waals surface area contributed by atoms with Gasteiger partial charge in [-0.25, -0.2) is 9.59 Å². The first kappa shape index (κ1) is 12.4. The van der Waals surface area contributed by atoms with E-state index in [1.807, 2.05) is 0 Å². The number of nitrogens with zero attached hydrogens (tertiary/aromatic N) is 1. The fourth-order valence-corrected chi connectivity index (χ4v) is 1.89. The van der Waals surface area contributed by atoms with E-state index >= 15 is 0 Å². The van der Waals surface area contributed by atoms with E-state index in [-0.39, 0.29) is 11.3 Å². The molecular formula is C12H14N2O4. The summed E-state index contributed by atoms with van der Waals surface area (Å²) < 4.78 is 6.52. The van der Waals surface area contributed by atoms with Gasteiger partial charge in [-0.1, -0.05) is 0 Å². The number of aromatic nitrogens is 2. The Labute approximate surface area is 103 Å². The SMILES string of the molecule is COCCCn1c(=O)[nH]c2cc(C(=O)O)ccc21. The molecule has 0 unspecified atom stereocenters. The van der Waals surface area contributed by atoms with Crippen LogP contribution in [0.15, 0.2) is 23.0 Å². The minimum Gasteiger partial charge on any atom is -0.478 e. The maximum atomic E-state index is 11.7. The number of hydrogen-bond acceptors (Lipinski definition) is 3. The molecule has 0 saturated heterocycles. The number of methoxy groups -OCH3 is 1. The van der Waals surface area contributed by atoms with E-state index in [1.54, 1.807) is 17.7 Å². The lowest BCUT2D eigenvalue weighted by Crippen LogP contribution is -2.17. The van der Waals surface area contributed by atoms with Gasteiger partial charge in [-0.15, -0.1) is 0 Å². The summed E-state index contributed by atoms with van der Waals surface area (Å²) in [4.78, 5) is 25.2. The Hall–Kier alpha value is -2.08. The average Bonchev–Trinajstić information content (AvgIpc) is 2.65. The molecule has 0 bridgehead atoms. The minimum absolute atomic E-state index is 0.160. The predicted molar refractivity (Wildman–Crippen MR) is 66.0 cm³/mol. The summed E-state index contributed by atoms with van der Waals surface area (Å²) in [6.07, 6.45) is 0.726. The Morgan fingerprint density at radius 2 is 2.28 bits per heavy atom. The molecule has 0 saturated carbocycles. The van der Waals surface area contributed by atoms with Crippen LogP contribution in [-0.4, -0.2) is 34.3 Å². The van der Waals surface area contributed by atoms with Gasteiger partial charge in [0.1, 0.15) is 0 Å². The van der Waals surface area contributed by atoms with E-state index in [2.05, 4.69) is 4.98 Å². The van der Waals surface area contributed by atoms with Gasteiger partial charge in [0.15, 0.2) is 0 Å². The summed E-state index contributed by atoms with van der Waals surface area (Å²) in [5.74, 6) is -1.01. The van der Waals surface area contributed by atoms with E-state index < -0.39 is 5.97 Å². The Morgan fingerprint density at radius 3 is 2.94 bits per heavy atom. The molecule has 2 aromatic rings. The lowest BCUT2D eigenvalue weighted by molar-refractivity contribution is 0.0697. The largest absolute Gasteiger partial charge is 0.478 e. The molecule has 1 aromatic heterocycles. The van der Waals surface area contributed by atoms with Crippen molar-refractivity contribution in [1.29, 1.82) is 0 Å². The van der Waals surface area contributed by atoms with Crippen LogP contribution in [0.4, 0.5) is 0 Å². The standard InChI is InChI=1S/C12H14N2O4/c1-18-6-2-5-14-10-4-3-8(11(15)16)7-9(10)13-12(14)17/h3-4,7H,2,5-6H2,1H3,(H,13,17)(H,15,16). The zero-order valence-electron chi connectivity index (χ0n) is 9.97. The molecular weight excluding hydrogens is 236 g/mol. The van der Waals surface area contributed by atoms with Gasteiger partial charge in [0.2, 0.25) is 0 Å². The van der Waals surface area contributed by atoms with Crippen molar-refractivity contribution >= 4 is 17.0 Å². The van der Waals surface area contributed by atoms with E-state index in [4.69, 9.17) is 9.84 Å². The number of benzene rings is 1. The number of carboxylic acid groups (broad SMARTS) is 1. The molecule has 96 valence electrons. The fourth-order valence-electron chi connectivity index (χ4n) is 1.89. The van der Waals surface area contributed by atoms with Gasteiger partial charge in [-0.05, 0) is 24.6 Å². The van der Waals surface area contributed by atoms with Crippen LogP contribution in [-0.2, 0) is 11.3 Å². The Morgan fingerprint density at radius 1 is 1.50 bits per heavy atom. The molecule has 0 atom stereocenters. The zero-order chi connectivity index (χ0) is 13.1. The Bertz CT molecular complexity index is 627. The van der Waals surface area contributed by atoms with Crippen LogP contribution in [0.1, 0.15) is 16.8 Å². The highest BCUT2D eigenvalue weighted by Gasteiger charge is 2.09. The zero-order valence-corrected chi connectivity index (χ0v) is 9.97. The summed E-state index contributed by atoms with van der Waals surface area (Å²) in [7, 11) is 1.61. The second-order valence-electron chi connectivity index (χ2n) is 3.97. The Balaban J connectivity index is 2.39. The number of hydrogen-bond donors (Lipinski definition) is 2. The highest BCUT2D eigenvalue weighted by Crippen LogP contribution is 2.13. The number of nitrogens with one attached hydrogen (secondary N) is 1. The number of aromatic amines is 1. The number of aromatic carboxylic acids is 1. The van der Waals surface area contributed by atoms with Crippen LogP contribution in [0.5, 0.6) is 0 Å². The molecule has 6 nitrogen and oxygen atoms in total. The smallest absolute Gasteiger partial charge is 0.335 e. The number of carboxylic acids is 1. The first-order valence-electron chi connectivity index (χ1n) is 5.58. The van der Waals surface area contributed by atoms with Crippen molar-refractivity contribution in [3.05, 3.63) is 34.2 Å². The molecule has 0 amide bonds. The highest BCUT2D eigenvalue weighted by molar-refractivity contribution is 5.92. The number of ether oxygens (including phenoxy) is 1. The monoisotopic (exact) mass is 250 g/mol. The third-order valence-corrected chi connectivity index (χ3v) is 2.75. The number of H-pyrrole nitrogens is 1. The van der Waals surface area contributed by atoms with E-state index in [0.717, 1.165) is 6.42 Å². The third-order valence-electron chi connectivity index (χ3n) is 2.75. The van der Waals surface area contributed by atoms with E-state index in [1.165, 1.54) is 12.1 Å². The Kier molecular flexibility index (Phi) is 3.47. The maximum Gasteiger partial charge on any atom is 0.335 e. The van der Waals surface area contributed by atoms with Crippen LogP contribution in [0.3, 0.4) is 0 Å². The van der Waals surface area contributed by atoms with Crippen molar-refractivity contribution in [2.45, 2.75) is 13.0 Å². The van der Waals surface area contributed by atoms with Crippen LogP contribution in [0.2, 0.25) is 0 Å². The number of rotatable bonds is 5. The molecule has 0 aliphatic heterocycles. The van der Waals surface area contributed by atoms with Crippen LogP contribution in [0, 0.1) is 0 Å². The van der Waals surface area contributed by atoms with Gasteiger partial charge in [-0.3, -0.25) is 4.57 Å². The second-order valence-corrected chi connectivity index (χ2v) is 3.97. The molecule has 0 radical (unpaired) electrons. The van der Waals surface area contributed by atoms with Gasteiger partial charge in [0.05, 0.1) is 16.6 Å². The third kappa shape index (κ3) is 2.28. The van der Waals surface area contributed by atoms with Crippen LogP contribution < -0.4 is 5.69 Å². The molecule has 0 fully saturated rings. The van der Waals surface area contributed by atoms with Gasteiger partial charge in [-0.2, -0.15) is 0 Å². The second kappa shape index (κ2) is 5.05. The van der Waals surface area contributed by atoms with Crippen LogP contribution in [0.25, 0.3) is 11.0 Å². The summed E-state index contributed by atoms with van der Waals surface area (Å²) in [5.41, 5.74) is 1.18. The van der Waals surface area contributed by atoms with Crippen molar-refractivity contribution in [3.63, 3.8) is 0 Å². The van der Waals surface area contributed by atoms with Gasteiger partial charge >= 0.3 is 11.7 Å². The first-order chi connectivity index (χ1) is 8.63. The van der Waals surface area contributed by atoms with Crippen molar-refractivity contribution < 1.29 is 14.6 Å². The number of aryl methyl sites for hydroxylation is 1. The number of fused-ring (bicyclic) bond motifs is 1. The molecule has 6 heteroatoms. The van der Waals surface area contributed by atoms with Crippen molar-refractivity contribution in [1.82, 2.24) is 9.55 Å². The van der Waals surface area contributed by atoms with Gasteiger partial charge < -0.3 is 14.8 Å². The highest BCUT2D eigenvalue weighted by atomic mass is 16.5. The summed E-state index contributed by atoms with van der Waals surface area (Å²) in [6, 6.07) is 4.60. The minimum atomic E-state index is -1.01. The number of imidazole rings is 1. The lowest BCUT2D eigenvalue weighted by atomic mass is 10.2. The molecule has 1 aromatic carbocycles. The molecule has 2 N–H and O–H groups in total. The molecule has 2 rings (SSSR count). The topological polar surface area (TPSA) is 84.3 Å². The maximum absolute atomic E-state index is 11.7. The molecule has 0 aliphatic carbocycles. The molecule has 0 spiro atoms. The summed E-state index contributed by atoms with van der Waals surface area (Å²) in [5, 5.41) is 8.88. The van der Waals surface area contributed by atoms with Gasteiger partial charge in [0.25, 0.3) is 0 Å². The first-order valence-corrected chi connectivity index (χ1v) is 5.58. The normalized spacial score (nSPS) is 10.9. The lowest BCUT2D eigenvalue weighted by Gasteiger charge is -2.02. The van der Waals surface area contributed by atoms with Crippen molar-refractivity contribution in [2.24, 2.45) is 0 Å². The van der Waals surface area contributed by atoms with Crippen LogP contribution >= 0.6 is 0 Å². The van der Waals surface area contributed by atoms with E-state index in [9.17, 15) is 9.59 Å². The predicted octanol–water partition coefficient (Wildman–Crippen LogP) is 1.06. The summed E-state index contributed by atoms with van der Waals surface area (Å²) in [6.45, 7) is 1.12. The summed E-state index contributed by atoms with van der Waals surface area (Å²) >= 11 is 0. The average molecular weight is 250 g/mol. The molecule has 1 heterocycles. The van der Waals surface area contributed by atoms with E-state index in [0.29, 0.717) is 24.2 Å². The van der Waals surface area contributed by atoms with Gasteiger partial charge in [0, 0.05) is 20.3 Å². The quantitative estimate of drug-likeness (QED) is 0.777. The van der Waals surface area contributed by atoms with Crippen molar-refractivity contribution in [2.75, 3.05) is 13.7 Å². The number of carbonyl (C=O) groups is 1. The molecule has 0 aliphatic rings. The fraction of sp³-hybridized carbons (Fsp3) is 0.333.